The standard InChI is InChI=1S/C30H37N3O6S/c1-5-26(30(35)31-6-2)32(20-19-23-13-9-7-10-14-23)29(34)22-33(40(36,37)25-15-11-8-12-16-25)27-21-24(38-3)17-18-28(27)39-4/h7-18,21,26H,5-6,19-20,22H2,1-4H3,(H,31,35)/t26-/m0/s1. The molecular formula is C30H37N3O6S. The van der Waals surface area contributed by atoms with E-state index < -0.39 is 28.5 Å². The molecule has 1 N–H and O–H groups in total. The van der Waals surface area contributed by atoms with Crippen molar-refractivity contribution in [3.63, 3.8) is 0 Å². The topological polar surface area (TPSA) is 105 Å². The number of anilines is 1. The molecule has 214 valence electrons. The minimum atomic E-state index is -4.22. The zero-order chi connectivity index (χ0) is 29.1. The number of carbonyl (C=O) groups excluding carboxylic acids is 2. The number of hydrogen-bond acceptors (Lipinski definition) is 6. The maximum Gasteiger partial charge on any atom is 0.264 e. The highest BCUT2D eigenvalue weighted by atomic mass is 32.2. The Hall–Kier alpha value is -4.05. The summed E-state index contributed by atoms with van der Waals surface area (Å²) in [7, 11) is -1.33. The Morgan fingerprint density at radius 3 is 2.12 bits per heavy atom. The molecule has 1 atom stereocenters. The third-order valence-electron chi connectivity index (χ3n) is 6.49. The summed E-state index contributed by atoms with van der Waals surface area (Å²) >= 11 is 0. The van der Waals surface area contributed by atoms with Gasteiger partial charge >= 0.3 is 0 Å². The van der Waals surface area contributed by atoms with Gasteiger partial charge in [0.1, 0.15) is 24.1 Å². The second kappa shape index (κ2) is 14.4. The van der Waals surface area contributed by atoms with Gasteiger partial charge in [0.15, 0.2) is 0 Å². The Labute approximate surface area is 236 Å². The summed E-state index contributed by atoms with van der Waals surface area (Å²) in [5.74, 6) is -0.160. The van der Waals surface area contributed by atoms with E-state index in [1.165, 1.54) is 37.3 Å². The lowest BCUT2D eigenvalue weighted by molar-refractivity contribution is -0.139. The number of methoxy groups -OCH3 is 2. The third-order valence-corrected chi connectivity index (χ3v) is 8.26. The number of likely N-dealkylation sites (N-methyl/N-ethyl adjacent to an activating group) is 1. The fourth-order valence-corrected chi connectivity index (χ4v) is 5.85. The number of benzene rings is 3. The molecule has 0 fully saturated rings. The molecule has 0 aliphatic heterocycles. The number of carbonyl (C=O) groups is 2. The smallest absolute Gasteiger partial charge is 0.264 e. The van der Waals surface area contributed by atoms with E-state index in [0.29, 0.717) is 25.1 Å². The van der Waals surface area contributed by atoms with Crippen LogP contribution in [-0.4, -0.2) is 65.0 Å². The van der Waals surface area contributed by atoms with Gasteiger partial charge in [-0.05, 0) is 49.6 Å². The summed E-state index contributed by atoms with van der Waals surface area (Å²) < 4.78 is 39.9. The molecule has 9 nitrogen and oxygen atoms in total. The van der Waals surface area contributed by atoms with Crippen LogP contribution < -0.4 is 19.1 Å². The van der Waals surface area contributed by atoms with Gasteiger partial charge in [0.05, 0.1) is 24.8 Å². The predicted octanol–water partition coefficient (Wildman–Crippen LogP) is 3.89. The molecule has 0 saturated heterocycles. The first-order valence-corrected chi connectivity index (χ1v) is 14.6. The Kier molecular flexibility index (Phi) is 11.0. The number of sulfonamides is 1. The predicted molar refractivity (Wildman–Crippen MR) is 155 cm³/mol. The molecule has 3 aromatic rings. The zero-order valence-electron chi connectivity index (χ0n) is 23.4. The van der Waals surface area contributed by atoms with Crippen LogP contribution in [0.25, 0.3) is 0 Å². The molecular weight excluding hydrogens is 530 g/mol. The number of rotatable bonds is 14. The van der Waals surface area contributed by atoms with Gasteiger partial charge in [0, 0.05) is 19.2 Å². The van der Waals surface area contributed by atoms with Crippen LogP contribution in [0, 0.1) is 0 Å². The van der Waals surface area contributed by atoms with Crippen LogP contribution in [0.15, 0.2) is 83.8 Å². The first kappa shape index (κ1) is 30.5. The van der Waals surface area contributed by atoms with E-state index in [1.807, 2.05) is 44.2 Å². The molecule has 0 bridgehead atoms. The first-order chi connectivity index (χ1) is 19.3. The van der Waals surface area contributed by atoms with Crippen molar-refractivity contribution in [2.45, 2.75) is 37.6 Å². The Bertz CT molecular complexity index is 1370. The van der Waals surface area contributed by atoms with Crippen molar-refractivity contribution in [1.29, 1.82) is 0 Å². The van der Waals surface area contributed by atoms with Gasteiger partial charge in [-0.25, -0.2) is 8.42 Å². The average Bonchev–Trinajstić information content (AvgIpc) is 2.98. The van der Waals surface area contributed by atoms with Gasteiger partial charge in [-0.3, -0.25) is 13.9 Å². The second-order valence-corrected chi connectivity index (χ2v) is 10.9. The van der Waals surface area contributed by atoms with Gasteiger partial charge in [0.25, 0.3) is 10.0 Å². The van der Waals surface area contributed by atoms with Crippen LogP contribution in [0.5, 0.6) is 11.5 Å². The van der Waals surface area contributed by atoms with E-state index in [0.717, 1.165) is 9.87 Å². The maximum absolute atomic E-state index is 14.1. The Balaban J connectivity index is 2.08. The van der Waals surface area contributed by atoms with E-state index in [4.69, 9.17) is 9.47 Å². The normalized spacial score (nSPS) is 11.8. The fraction of sp³-hybridized carbons (Fsp3) is 0.333. The number of hydrogen-bond donors (Lipinski definition) is 1. The van der Waals surface area contributed by atoms with Crippen LogP contribution in [0.3, 0.4) is 0 Å². The number of ether oxygens (including phenoxy) is 2. The maximum atomic E-state index is 14.1. The molecule has 0 aliphatic rings. The van der Waals surface area contributed by atoms with E-state index in [9.17, 15) is 18.0 Å². The highest BCUT2D eigenvalue weighted by molar-refractivity contribution is 7.92. The van der Waals surface area contributed by atoms with Gasteiger partial charge in [-0.2, -0.15) is 0 Å². The van der Waals surface area contributed by atoms with Gasteiger partial charge < -0.3 is 19.7 Å². The van der Waals surface area contributed by atoms with Crippen LogP contribution >= 0.6 is 0 Å². The Morgan fingerprint density at radius 2 is 1.55 bits per heavy atom. The van der Waals surface area contributed by atoms with Crippen molar-refractivity contribution >= 4 is 27.5 Å². The van der Waals surface area contributed by atoms with Crippen LogP contribution in [-0.2, 0) is 26.0 Å². The highest BCUT2D eigenvalue weighted by Crippen LogP contribution is 2.35. The molecule has 0 saturated carbocycles. The van der Waals surface area contributed by atoms with Crippen LogP contribution in [0.1, 0.15) is 25.8 Å². The summed E-state index contributed by atoms with van der Waals surface area (Å²) in [5.41, 5.74) is 1.14. The lowest BCUT2D eigenvalue weighted by atomic mass is 10.1. The van der Waals surface area contributed by atoms with Gasteiger partial charge in [0.2, 0.25) is 11.8 Å². The summed E-state index contributed by atoms with van der Waals surface area (Å²) in [6.45, 7) is 3.72. The van der Waals surface area contributed by atoms with E-state index in [2.05, 4.69) is 5.32 Å². The minimum Gasteiger partial charge on any atom is -0.497 e. The van der Waals surface area contributed by atoms with E-state index >= 15 is 0 Å². The molecule has 2 amide bonds. The quantitative estimate of drug-likeness (QED) is 0.317. The van der Waals surface area contributed by atoms with Crippen LogP contribution in [0.2, 0.25) is 0 Å². The molecule has 40 heavy (non-hydrogen) atoms. The lowest BCUT2D eigenvalue weighted by Crippen LogP contribution is -2.53. The monoisotopic (exact) mass is 567 g/mol. The third kappa shape index (κ3) is 7.32. The number of nitrogens with one attached hydrogen (secondary N) is 1. The fourth-order valence-electron chi connectivity index (χ4n) is 4.41. The van der Waals surface area contributed by atoms with Crippen molar-refractivity contribution in [2.24, 2.45) is 0 Å². The summed E-state index contributed by atoms with van der Waals surface area (Å²) in [6, 6.07) is 21.5. The largest absolute Gasteiger partial charge is 0.497 e. The van der Waals surface area contributed by atoms with Crippen molar-refractivity contribution in [3.8, 4) is 11.5 Å². The second-order valence-electron chi connectivity index (χ2n) is 9.00. The lowest BCUT2D eigenvalue weighted by Gasteiger charge is -2.33. The molecule has 0 heterocycles. The summed E-state index contributed by atoms with van der Waals surface area (Å²) in [5, 5.41) is 2.80. The summed E-state index contributed by atoms with van der Waals surface area (Å²) in [4.78, 5) is 28.6. The molecule has 0 radical (unpaired) electrons. The molecule has 3 rings (SSSR count). The van der Waals surface area contributed by atoms with Crippen LogP contribution in [0.4, 0.5) is 5.69 Å². The average molecular weight is 568 g/mol. The Morgan fingerprint density at radius 1 is 0.900 bits per heavy atom. The first-order valence-electron chi connectivity index (χ1n) is 13.2. The minimum absolute atomic E-state index is 0.0132. The highest BCUT2D eigenvalue weighted by Gasteiger charge is 2.34. The van der Waals surface area contributed by atoms with Crippen molar-refractivity contribution < 1.29 is 27.5 Å². The van der Waals surface area contributed by atoms with Gasteiger partial charge in [-0.15, -0.1) is 0 Å². The molecule has 3 aromatic carbocycles. The molecule has 0 aromatic heterocycles. The molecule has 0 aliphatic carbocycles. The van der Waals surface area contributed by atoms with Crippen molar-refractivity contribution in [2.75, 3.05) is 38.2 Å². The van der Waals surface area contributed by atoms with Gasteiger partial charge in [-0.1, -0.05) is 55.5 Å². The SMILES string of the molecule is CCNC(=O)[C@H](CC)N(CCc1ccccc1)C(=O)CN(c1cc(OC)ccc1OC)S(=O)(=O)c1ccccc1. The molecule has 0 unspecified atom stereocenters. The molecule has 10 heteroatoms. The van der Waals surface area contributed by atoms with Crippen molar-refractivity contribution in [3.05, 3.63) is 84.4 Å². The summed E-state index contributed by atoms with van der Waals surface area (Å²) in [6.07, 6.45) is 0.858. The van der Waals surface area contributed by atoms with Crippen molar-refractivity contribution in [1.82, 2.24) is 10.2 Å². The van der Waals surface area contributed by atoms with E-state index in [-0.39, 0.29) is 28.8 Å². The number of amides is 2. The van der Waals surface area contributed by atoms with E-state index in [1.54, 1.807) is 30.3 Å². The molecule has 0 spiro atoms. The zero-order valence-corrected chi connectivity index (χ0v) is 24.2. The number of nitrogens with zero attached hydrogens (tertiary/aromatic N) is 2.